The Kier molecular flexibility index (Phi) is 6.54. The summed E-state index contributed by atoms with van der Waals surface area (Å²) < 4.78 is 11.1. The number of benzene rings is 2. The molecular formula is C21H25N3O5. The van der Waals surface area contributed by atoms with Gasteiger partial charge in [0.2, 0.25) is 0 Å². The van der Waals surface area contributed by atoms with Crippen LogP contribution in [0.15, 0.2) is 36.4 Å². The second kappa shape index (κ2) is 9.27. The summed E-state index contributed by atoms with van der Waals surface area (Å²) >= 11 is 0. The van der Waals surface area contributed by atoms with Crippen LogP contribution in [0.4, 0.5) is 17.1 Å². The lowest BCUT2D eigenvalue weighted by Gasteiger charge is -2.21. The molecule has 1 aliphatic rings. The Labute approximate surface area is 169 Å². The number of non-ortho nitro benzene ring substituents is 1. The number of hydrogen-bond donors (Lipinski definition) is 1. The molecule has 0 unspecified atom stereocenters. The molecular weight excluding hydrogens is 374 g/mol. The van der Waals surface area contributed by atoms with Crippen molar-refractivity contribution in [1.29, 1.82) is 0 Å². The van der Waals surface area contributed by atoms with Gasteiger partial charge in [0.25, 0.3) is 11.6 Å². The topological polar surface area (TPSA) is 93.9 Å². The van der Waals surface area contributed by atoms with Gasteiger partial charge < -0.3 is 19.7 Å². The van der Waals surface area contributed by atoms with Crippen LogP contribution in [0.3, 0.4) is 0 Å². The van der Waals surface area contributed by atoms with Crippen molar-refractivity contribution in [3.05, 3.63) is 52.1 Å². The van der Waals surface area contributed by atoms with Gasteiger partial charge in [-0.2, -0.15) is 0 Å². The molecule has 1 N–H and O–H groups in total. The molecule has 0 atom stereocenters. The minimum atomic E-state index is -0.491. The molecule has 2 aromatic carbocycles. The van der Waals surface area contributed by atoms with E-state index in [0.29, 0.717) is 36.1 Å². The Balaban J connectivity index is 1.90. The maximum absolute atomic E-state index is 13.0. The summed E-state index contributed by atoms with van der Waals surface area (Å²) in [6, 6.07) is 9.58. The summed E-state index contributed by atoms with van der Waals surface area (Å²) in [7, 11) is 0. The third kappa shape index (κ3) is 4.77. The normalized spacial score (nSPS) is 13.2. The van der Waals surface area contributed by atoms with Gasteiger partial charge in [0.05, 0.1) is 29.4 Å². The molecule has 29 heavy (non-hydrogen) atoms. The van der Waals surface area contributed by atoms with Gasteiger partial charge in [-0.05, 0) is 44.9 Å². The maximum Gasteiger partial charge on any atom is 0.270 e. The van der Waals surface area contributed by atoms with E-state index in [-0.39, 0.29) is 11.3 Å². The number of carbonyl (C=O) groups is 1. The lowest BCUT2D eigenvalue weighted by atomic mass is 10.1. The van der Waals surface area contributed by atoms with Gasteiger partial charge in [-0.15, -0.1) is 0 Å². The molecule has 1 fully saturated rings. The fourth-order valence-corrected chi connectivity index (χ4v) is 3.38. The molecule has 154 valence electrons. The molecule has 8 nitrogen and oxygen atoms in total. The van der Waals surface area contributed by atoms with Crippen molar-refractivity contribution in [3.8, 4) is 11.5 Å². The van der Waals surface area contributed by atoms with Crippen LogP contribution in [-0.2, 0) is 0 Å². The molecule has 0 radical (unpaired) electrons. The van der Waals surface area contributed by atoms with Gasteiger partial charge in [0.15, 0.2) is 11.5 Å². The molecule has 0 saturated carbocycles. The Morgan fingerprint density at radius 1 is 1.07 bits per heavy atom. The van der Waals surface area contributed by atoms with E-state index in [4.69, 9.17) is 9.47 Å². The van der Waals surface area contributed by atoms with E-state index < -0.39 is 10.8 Å². The lowest BCUT2D eigenvalue weighted by molar-refractivity contribution is -0.384. The van der Waals surface area contributed by atoms with E-state index in [0.717, 1.165) is 25.9 Å². The van der Waals surface area contributed by atoms with Crippen molar-refractivity contribution in [1.82, 2.24) is 0 Å². The summed E-state index contributed by atoms with van der Waals surface area (Å²) in [4.78, 5) is 25.8. The van der Waals surface area contributed by atoms with Crippen molar-refractivity contribution in [2.45, 2.75) is 26.7 Å². The zero-order valence-electron chi connectivity index (χ0n) is 16.6. The average Bonchev–Trinajstić information content (AvgIpc) is 3.24. The largest absolute Gasteiger partial charge is 0.490 e. The number of anilines is 2. The van der Waals surface area contributed by atoms with Crippen LogP contribution in [-0.4, -0.2) is 37.1 Å². The molecule has 0 bridgehead atoms. The molecule has 1 aliphatic heterocycles. The maximum atomic E-state index is 13.0. The molecule has 1 saturated heterocycles. The number of rotatable bonds is 8. The van der Waals surface area contributed by atoms with Crippen LogP contribution in [0, 0.1) is 10.1 Å². The summed E-state index contributed by atoms with van der Waals surface area (Å²) in [5, 5.41) is 14.0. The highest BCUT2D eigenvalue weighted by Crippen LogP contribution is 2.32. The smallest absolute Gasteiger partial charge is 0.270 e. The Bertz CT molecular complexity index is 894. The van der Waals surface area contributed by atoms with Gasteiger partial charge in [-0.25, -0.2) is 0 Å². The highest BCUT2D eigenvalue weighted by Gasteiger charge is 2.23. The number of ether oxygens (including phenoxy) is 2. The van der Waals surface area contributed by atoms with Crippen LogP contribution in [0.25, 0.3) is 0 Å². The SMILES string of the molecule is CCOc1ccc(NC(=O)c2cc([N+](=O)[O-])ccc2N2CCCC2)cc1OCC. The first-order valence-corrected chi connectivity index (χ1v) is 9.77. The first kappa shape index (κ1) is 20.4. The molecule has 3 rings (SSSR count). The second-order valence-electron chi connectivity index (χ2n) is 6.63. The molecule has 0 aromatic heterocycles. The van der Waals surface area contributed by atoms with Gasteiger partial charge in [0, 0.05) is 37.0 Å². The Morgan fingerprint density at radius 2 is 1.76 bits per heavy atom. The van der Waals surface area contributed by atoms with Crippen LogP contribution in [0.1, 0.15) is 37.0 Å². The van der Waals surface area contributed by atoms with Crippen molar-refractivity contribution >= 4 is 23.0 Å². The van der Waals surface area contributed by atoms with E-state index in [2.05, 4.69) is 10.2 Å². The highest BCUT2D eigenvalue weighted by atomic mass is 16.6. The molecule has 0 spiro atoms. The number of carbonyl (C=O) groups excluding carboxylic acids is 1. The van der Waals surface area contributed by atoms with Crippen LogP contribution < -0.4 is 19.7 Å². The summed E-state index contributed by atoms with van der Waals surface area (Å²) in [5.41, 5.74) is 1.41. The lowest BCUT2D eigenvalue weighted by Crippen LogP contribution is -2.23. The summed E-state index contributed by atoms with van der Waals surface area (Å²) in [5.74, 6) is 0.730. The monoisotopic (exact) mass is 399 g/mol. The number of nitrogens with zero attached hydrogens (tertiary/aromatic N) is 2. The number of nitrogens with one attached hydrogen (secondary N) is 1. The average molecular weight is 399 g/mol. The molecule has 1 amide bonds. The summed E-state index contributed by atoms with van der Waals surface area (Å²) in [6.07, 6.45) is 2.07. The third-order valence-electron chi connectivity index (χ3n) is 4.68. The number of nitro benzene ring substituents is 1. The fraction of sp³-hybridized carbons (Fsp3) is 0.381. The van der Waals surface area contributed by atoms with E-state index in [1.807, 2.05) is 13.8 Å². The van der Waals surface area contributed by atoms with E-state index in [1.165, 1.54) is 12.1 Å². The molecule has 1 heterocycles. The van der Waals surface area contributed by atoms with Gasteiger partial charge in [-0.3, -0.25) is 14.9 Å². The molecule has 2 aromatic rings. The van der Waals surface area contributed by atoms with Crippen LogP contribution >= 0.6 is 0 Å². The molecule has 0 aliphatic carbocycles. The number of hydrogen-bond acceptors (Lipinski definition) is 6. The minimum Gasteiger partial charge on any atom is -0.490 e. The van der Waals surface area contributed by atoms with E-state index in [9.17, 15) is 14.9 Å². The molecule has 8 heteroatoms. The standard InChI is InChI=1S/C21H25N3O5/c1-3-28-19-10-7-15(13-20(19)29-4-2)22-21(25)17-14-16(24(26)27)8-9-18(17)23-11-5-6-12-23/h7-10,13-14H,3-6,11-12H2,1-2H3,(H,22,25). The van der Waals surface area contributed by atoms with Gasteiger partial charge >= 0.3 is 0 Å². The predicted octanol–water partition coefficient (Wildman–Crippen LogP) is 4.24. The Morgan fingerprint density at radius 3 is 2.41 bits per heavy atom. The fourth-order valence-electron chi connectivity index (χ4n) is 3.38. The zero-order valence-corrected chi connectivity index (χ0v) is 16.6. The minimum absolute atomic E-state index is 0.111. The first-order valence-electron chi connectivity index (χ1n) is 9.77. The van der Waals surface area contributed by atoms with Crippen molar-refractivity contribution in [2.24, 2.45) is 0 Å². The van der Waals surface area contributed by atoms with Gasteiger partial charge in [0.1, 0.15) is 0 Å². The number of nitro groups is 1. The van der Waals surface area contributed by atoms with E-state index >= 15 is 0 Å². The Hall–Kier alpha value is -3.29. The zero-order chi connectivity index (χ0) is 20.8. The quantitative estimate of drug-likeness (QED) is 0.527. The van der Waals surface area contributed by atoms with Crippen LogP contribution in [0.2, 0.25) is 0 Å². The first-order chi connectivity index (χ1) is 14.0. The van der Waals surface area contributed by atoms with E-state index in [1.54, 1.807) is 24.3 Å². The van der Waals surface area contributed by atoms with Crippen LogP contribution in [0.5, 0.6) is 11.5 Å². The van der Waals surface area contributed by atoms with Crippen molar-refractivity contribution in [2.75, 3.05) is 36.5 Å². The van der Waals surface area contributed by atoms with Gasteiger partial charge in [-0.1, -0.05) is 0 Å². The highest BCUT2D eigenvalue weighted by molar-refractivity contribution is 6.08. The second-order valence-corrected chi connectivity index (χ2v) is 6.63. The third-order valence-corrected chi connectivity index (χ3v) is 4.68. The van der Waals surface area contributed by atoms with Crippen molar-refractivity contribution in [3.63, 3.8) is 0 Å². The predicted molar refractivity (Wildman–Crippen MR) is 111 cm³/mol. The number of amides is 1. The summed E-state index contributed by atoms with van der Waals surface area (Å²) in [6.45, 7) is 6.37. The van der Waals surface area contributed by atoms with Crippen molar-refractivity contribution < 1.29 is 19.2 Å².